The van der Waals surface area contributed by atoms with Gasteiger partial charge in [-0.05, 0) is 49.7 Å². The Morgan fingerprint density at radius 1 is 1.26 bits per heavy atom. The van der Waals surface area contributed by atoms with Crippen LogP contribution in [-0.2, 0) is 17.6 Å². The van der Waals surface area contributed by atoms with Gasteiger partial charge in [-0.3, -0.25) is 4.79 Å². The molecule has 3 heteroatoms. The van der Waals surface area contributed by atoms with Gasteiger partial charge in [0, 0.05) is 18.0 Å². The van der Waals surface area contributed by atoms with Crippen molar-refractivity contribution in [3.8, 4) is 0 Å². The Morgan fingerprint density at radius 2 is 1.95 bits per heavy atom. The molecule has 0 heterocycles. The second-order valence-corrected chi connectivity index (χ2v) is 6.15. The van der Waals surface area contributed by atoms with Crippen molar-refractivity contribution in [2.45, 2.75) is 56.5 Å². The van der Waals surface area contributed by atoms with Gasteiger partial charge in [-0.2, -0.15) is 0 Å². The smallest absolute Gasteiger partial charge is 0.220 e. The summed E-state index contributed by atoms with van der Waals surface area (Å²) >= 11 is 0. The van der Waals surface area contributed by atoms with Crippen LogP contribution in [0.15, 0.2) is 24.3 Å². The summed E-state index contributed by atoms with van der Waals surface area (Å²) in [6, 6.07) is 8.86. The van der Waals surface area contributed by atoms with Crippen molar-refractivity contribution in [2.24, 2.45) is 5.73 Å². The zero-order valence-electron chi connectivity index (χ0n) is 11.3. The Bertz CT molecular complexity index is 475. The molecule has 3 rings (SSSR count). The van der Waals surface area contributed by atoms with E-state index in [9.17, 15) is 4.79 Å². The van der Waals surface area contributed by atoms with Crippen molar-refractivity contribution in [1.82, 2.24) is 5.32 Å². The lowest BCUT2D eigenvalue weighted by molar-refractivity contribution is -0.121. The zero-order chi connectivity index (χ0) is 13.3. The molecule has 2 fully saturated rings. The molecule has 2 aliphatic carbocycles. The summed E-state index contributed by atoms with van der Waals surface area (Å²) in [6.07, 6.45) is 6.92. The molecule has 3 N–H and O–H groups in total. The van der Waals surface area contributed by atoms with E-state index in [1.807, 2.05) is 6.07 Å². The van der Waals surface area contributed by atoms with Gasteiger partial charge in [0.15, 0.2) is 0 Å². The predicted octanol–water partition coefficient (Wildman–Crippen LogP) is 1.93. The molecule has 2 aliphatic rings. The summed E-state index contributed by atoms with van der Waals surface area (Å²) in [6.45, 7) is 0. The minimum atomic E-state index is 0.0341. The van der Waals surface area contributed by atoms with Crippen molar-refractivity contribution >= 4 is 5.91 Å². The number of hydrogen-bond donors (Lipinski definition) is 2. The summed E-state index contributed by atoms with van der Waals surface area (Å²) in [5.41, 5.74) is 8.84. The van der Waals surface area contributed by atoms with E-state index in [0.29, 0.717) is 12.5 Å². The fourth-order valence-corrected chi connectivity index (χ4v) is 2.47. The highest BCUT2D eigenvalue weighted by molar-refractivity contribution is 5.76. The van der Waals surface area contributed by atoms with E-state index in [2.05, 4.69) is 23.5 Å². The first-order chi connectivity index (χ1) is 9.15. The van der Waals surface area contributed by atoms with Gasteiger partial charge < -0.3 is 11.1 Å². The van der Waals surface area contributed by atoms with Crippen LogP contribution in [-0.4, -0.2) is 17.5 Å². The van der Waals surface area contributed by atoms with E-state index in [1.54, 1.807) is 0 Å². The lowest BCUT2D eigenvalue weighted by Crippen LogP contribution is -2.26. The minimum Gasteiger partial charge on any atom is -0.353 e. The number of nitrogens with two attached hydrogens (primary N) is 1. The van der Waals surface area contributed by atoms with E-state index in [4.69, 9.17) is 5.73 Å². The van der Waals surface area contributed by atoms with Gasteiger partial charge in [0.1, 0.15) is 0 Å². The van der Waals surface area contributed by atoms with E-state index >= 15 is 0 Å². The molecule has 2 saturated carbocycles. The molecule has 0 aromatic heterocycles. The van der Waals surface area contributed by atoms with Crippen LogP contribution in [0.4, 0.5) is 0 Å². The molecule has 0 aliphatic heterocycles. The predicted molar refractivity (Wildman–Crippen MR) is 75.8 cm³/mol. The summed E-state index contributed by atoms with van der Waals surface area (Å²) in [5, 5.41) is 3.04. The van der Waals surface area contributed by atoms with Gasteiger partial charge in [0.25, 0.3) is 0 Å². The number of nitrogens with one attached hydrogen (secondary N) is 1. The largest absolute Gasteiger partial charge is 0.353 e. The fraction of sp³-hybridized carbons (Fsp3) is 0.562. The van der Waals surface area contributed by atoms with Crippen LogP contribution >= 0.6 is 0 Å². The maximum absolute atomic E-state index is 11.7. The van der Waals surface area contributed by atoms with Crippen molar-refractivity contribution < 1.29 is 4.79 Å². The second-order valence-electron chi connectivity index (χ2n) is 6.15. The molecule has 19 heavy (non-hydrogen) atoms. The highest BCUT2D eigenvalue weighted by Gasteiger charge is 2.38. The molecule has 0 bridgehead atoms. The molecular weight excluding hydrogens is 236 g/mol. The lowest BCUT2D eigenvalue weighted by atomic mass is 9.96. The number of carbonyl (C=O) groups is 1. The Balaban J connectivity index is 1.58. The molecule has 1 aromatic carbocycles. The first-order valence-corrected chi connectivity index (χ1v) is 7.30. The molecule has 0 saturated heterocycles. The average Bonchev–Trinajstić information content (AvgIpc) is 3.29. The number of amides is 1. The summed E-state index contributed by atoms with van der Waals surface area (Å²) < 4.78 is 0. The van der Waals surface area contributed by atoms with Crippen molar-refractivity contribution in [3.05, 3.63) is 35.4 Å². The molecule has 1 aromatic rings. The number of hydrogen-bond acceptors (Lipinski definition) is 2. The van der Waals surface area contributed by atoms with Gasteiger partial charge in [-0.25, -0.2) is 0 Å². The molecule has 0 spiro atoms. The number of benzene rings is 1. The van der Waals surface area contributed by atoms with Crippen molar-refractivity contribution in [3.63, 3.8) is 0 Å². The van der Waals surface area contributed by atoms with E-state index < -0.39 is 0 Å². The Hall–Kier alpha value is -1.35. The van der Waals surface area contributed by atoms with Crippen LogP contribution in [0.2, 0.25) is 0 Å². The summed E-state index contributed by atoms with van der Waals surface area (Å²) in [4.78, 5) is 11.7. The molecule has 0 atom stereocenters. The molecule has 102 valence electrons. The summed E-state index contributed by atoms with van der Waals surface area (Å²) in [5.74, 6) is 0.186. The standard InChI is InChI=1S/C16H22N2O/c17-16(9-10-16)11-13-4-2-1-3-12(13)5-8-15(19)18-14-6-7-14/h1-4,14H,5-11,17H2,(H,18,19). The van der Waals surface area contributed by atoms with E-state index in [-0.39, 0.29) is 11.4 Å². The number of carbonyl (C=O) groups excluding carboxylic acids is 1. The third-order valence-corrected chi connectivity index (χ3v) is 4.12. The Morgan fingerprint density at radius 3 is 2.58 bits per heavy atom. The number of aryl methyl sites for hydroxylation is 1. The average molecular weight is 258 g/mol. The maximum atomic E-state index is 11.7. The molecular formula is C16H22N2O. The first kappa shape index (κ1) is 12.7. The van der Waals surface area contributed by atoms with Gasteiger partial charge in [-0.1, -0.05) is 24.3 Å². The van der Waals surface area contributed by atoms with E-state index in [1.165, 1.54) is 11.1 Å². The maximum Gasteiger partial charge on any atom is 0.220 e. The Labute approximate surface area is 114 Å². The van der Waals surface area contributed by atoms with Crippen molar-refractivity contribution in [2.75, 3.05) is 0 Å². The van der Waals surface area contributed by atoms with Crippen molar-refractivity contribution in [1.29, 1.82) is 0 Å². The highest BCUT2D eigenvalue weighted by Crippen LogP contribution is 2.36. The van der Waals surface area contributed by atoms with Crippen LogP contribution in [0.3, 0.4) is 0 Å². The molecule has 3 nitrogen and oxygen atoms in total. The number of rotatable bonds is 6. The second kappa shape index (κ2) is 4.97. The van der Waals surface area contributed by atoms with Gasteiger partial charge in [0.05, 0.1) is 0 Å². The normalized spacial score (nSPS) is 20.1. The highest BCUT2D eigenvalue weighted by atomic mass is 16.1. The van der Waals surface area contributed by atoms with Crippen LogP contribution in [0, 0.1) is 0 Å². The quantitative estimate of drug-likeness (QED) is 0.819. The van der Waals surface area contributed by atoms with E-state index in [0.717, 1.165) is 38.5 Å². The third-order valence-electron chi connectivity index (χ3n) is 4.12. The fourth-order valence-electron chi connectivity index (χ4n) is 2.47. The molecule has 1 amide bonds. The van der Waals surface area contributed by atoms with Crippen LogP contribution in [0.25, 0.3) is 0 Å². The first-order valence-electron chi connectivity index (χ1n) is 7.30. The van der Waals surface area contributed by atoms with Crippen LogP contribution in [0.1, 0.15) is 43.2 Å². The van der Waals surface area contributed by atoms with Gasteiger partial charge >= 0.3 is 0 Å². The zero-order valence-corrected chi connectivity index (χ0v) is 11.3. The van der Waals surface area contributed by atoms with Crippen LogP contribution < -0.4 is 11.1 Å². The van der Waals surface area contributed by atoms with Crippen LogP contribution in [0.5, 0.6) is 0 Å². The minimum absolute atomic E-state index is 0.0341. The summed E-state index contributed by atoms with van der Waals surface area (Å²) in [7, 11) is 0. The van der Waals surface area contributed by atoms with Gasteiger partial charge in [-0.15, -0.1) is 0 Å². The topological polar surface area (TPSA) is 55.1 Å². The monoisotopic (exact) mass is 258 g/mol. The third kappa shape index (κ3) is 3.57. The lowest BCUT2D eigenvalue weighted by Gasteiger charge is -2.13. The SMILES string of the molecule is NC1(Cc2ccccc2CCC(=O)NC2CC2)CC1. The molecule has 0 radical (unpaired) electrons. The Kier molecular flexibility index (Phi) is 3.31. The molecule has 0 unspecified atom stereocenters. The van der Waals surface area contributed by atoms with Gasteiger partial charge in [0.2, 0.25) is 5.91 Å².